The van der Waals surface area contributed by atoms with E-state index in [2.05, 4.69) is 10.6 Å². The summed E-state index contributed by atoms with van der Waals surface area (Å²) in [6.45, 7) is 1.93. The molecular weight excluding hydrogens is 412 g/mol. The molecule has 2 amide bonds. The third-order valence-electron chi connectivity index (χ3n) is 4.02. The van der Waals surface area contributed by atoms with Crippen LogP contribution in [-0.4, -0.2) is 45.2 Å². The number of hydrogen-bond acceptors (Lipinski definition) is 6. The summed E-state index contributed by atoms with van der Waals surface area (Å²) < 4.78 is 15.6. The molecule has 0 heterocycles. The van der Waals surface area contributed by atoms with Crippen molar-refractivity contribution in [2.75, 3.05) is 32.7 Å². The SMILES string of the molecule is CCCNC(=O)COC(=O)c1cc(OC)c(OC)cc1NC(=O)c1ccccc1Cl. The minimum absolute atomic E-state index is 0.00338. The van der Waals surface area contributed by atoms with Gasteiger partial charge in [-0.25, -0.2) is 4.79 Å². The van der Waals surface area contributed by atoms with Crippen molar-refractivity contribution in [2.24, 2.45) is 0 Å². The Balaban J connectivity index is 2.31. The molecule has 2 aromatic rings. The van der Waals surface area contributed by atoms with Crippen LogP contribution in [0.25, 0.3) is 0 Å². The highest BCUT2D eigenvalue weighted by atomic mass is 35.5. The number of rotatable bonds is 9. The van der Waals surface area contributed by atoms with E-state index in [-0.39, 0.29) is 27.6 Å². The highest BCUT2D eigenvalue weighted by molar-refractivity contribution is 6.34. The quantitative estimate of drug-likeness (QED) is 0.587. The number of ether oxygens (including phenoxy) is 3. The summed E-state index contributed by atoms with van der Waals surface area (Å²) >= 11 is 6.08. The Morgan fingerprint density at radius 3 is 2.30 bits per heavy atom. The lowest BCUT2D eigenvalue weighted by atomic mass is 10.1. The molecule has 0 aliphatic rings. The Morgan fingerprint density at radius 1 is 1.00 bits per heavy atom. The Labute approximate surface area is 179 Å². The summed E-state index contributed by atoms with van der Waals surface area (Å²) in [4.78, 5) is 37.0. The van der Waals surface area contributed by atoms with Gasteiger partial charge in [-0.1, -0.05) is 30.7 Å². The number of carbonyl (C=O) groups is 3. The van der Waals surface area contributed by atoms with Gasteiger partial charge in [0.1, 0.15) is 0 Å². The molecule has 0 spiro atoms. The third-order valence-corrected chi connectivity index (χ3v) is 4.35. The van der Waals surface area contributed by atoms with Crippen LogP contribution in [0, 0.1) is 0 Å². The zero-order valence-electron chi connectivity index (χ0n) is 16.9. The predicted octanol–water partition coefficient (Wildman–Crippen LogP) is 3.29. The van der Waals surface area contributed by atoms with Crippen LogP contribution in [0.15, 0.2) is 36.4 Å². The molecule has 0 radical (unpaired) electrons. The van der Waals surface area contributed by atoms with E-state index >= 15 is 0 Å². The lowest BCUT2D eigenvalue weighted by Crippen LogP contribution is -2.29. The van der Waals surface area contributed by atoms with Gasteiger partial charge in [0, 0.05) is 18.7 Å². The maximum atomic E-state index is 12.7. The fourth-order valence-corrected chi connectivity index (χ4v) is 2.73. The van der Waals surface area contributed by atoms with Crippen molar-refractivity contribution in [1.82, 2.24) is 5.32 Å². The van der Waals surface area contributed by atoms with Crippen molar-refractivity contribution < 1.29 is 28.6 Å². The lowest BCUT2D eigenvalue weighted by molar-refractivity contribution is -0.124. The van der Waals surface area contributed by atoms with E-state index in [9.17, 15) is 14.4 Å². The van der Waals surface area contributed by atoms with Gasteiger partial charge in [-0.3, -0.25) is 9.59 Å². The maximum Gasteiger partial charge on any atom is 0.340 e. The Hall–Kier alpha value is -3.26. The molecule has 0 saturated carbocycles. The van der Waals surface area contributed by atoms with E-state index in [1.54, 1.807) is 24.3 Å². The van der Waals surface area contributed by atoms with Crippen molar-refractivity contribution in [3.05, 3.63) is 52.5 Å². The normalized spacial score (nSPS) is 10.1. The molecule has 160 valence electrons. The van der Waals surface area contributed by atoms with Crippen LogP contribution < -0.4 is 20.1 Å². The number of carbonyl (C=O) groups excluding carboxylic acids is 3. The third kappa shape index (κ3) is 5.87. The number of anilines is 1. The highest BCUT2D eigenvalue weighted by Crippen LogP contribution is 2.34. The van der Waals surface area contributed by atoms with E-state index in [1.807, 2.05) is 6.92 Å². The van der Waals surface area contributed by atoms with Crippen molar-refractivity contribution in [3.63, 3.8) is 0 Å². The van der Waals surface area contributed by atoms with Gasteiger partial charge in [0.2, 0.25) is 0 Å². The van der Waals surface area contributed by atoms with Crippen LogP contribution in [0.1, 0.15) is 34.1 Å². The molecule has 2 N–H and O–H groups in total. The second-order valence-electron chi connectivity index (χ2n) is 6.11. The van der Waals surface area contributed by atoms with Crippen molar-refractivity contribution in [1.29, 1.82) is 0 Å². The first-order valence-electron chi connectivity index (χ1n) is 9.17. The molecule has 0 bridgehead atoms. The zero-order chi connectivity index (χ0) is 22.1. The summed E-state index contributed by atoms with van der Waals surface area (Å²) in [6.07, 6.45) is 0.758. The van der Waals surface area contributed by atoms with Crippen molar-refractivity contribution >= 4 is 35.1 Å². The van der Waals surface area contributed by atoms with Crippen LogP contribution >= 0.6 is 11.6 Å². The molecular formula is C21H23ClN2O6. The molecule has 8 nitrogen and oxygen atoms in total. The standard InChI is InChI=1S/C21H23ClN2O6/c1-4-9-23-19(25)12-30-21(27)14-10-17(28-2)18(29-3)11-16(14)24-20(26)13-7-5-6-8-15(13)22/h5-8,10-11H,4,9,12H2,1-3H3,(H,23,25)(H,24,26). The van der Waals surface area contributed by atoms with Gasteiger partial charge < -0.3 is 24.8 Å². The molecule has 2 aromatic carbocycles. The summed E-state index contributed by atoms with van der Waals surface area (Å²) in [7, 11) is 2.83. The first-order chi connectivity index (χ1) is 14.4. The molecule has 0 saturated heterocycles. The first-order valence-corrected chi connectivity index (χ1v) is 9.54. The maximum absolute atomic E-state index is 12.7. The monoisotopic (exact) mass is 434 g/mol. The molecule has 0 unspecified atom stereocenters. The van der Waals surface area contributed by atoms with Crippen molar-refractivity contribution in [3.8, 4) is 11.5 Å². The number of halogens is 1. The van der Waals surface area contributed by atoms with Crippen LogP contribution in [0.5, 0.6) is 11.5 Å². The molecule has 0 aliphatic carbocycles. The van der Waals surface area contributed by atoms with Crippen LogP contribution in [0.2, 0.25) is 5.02 Å². The summed E-state index contributed by atoms with van der Waals surface area (Å²) in [5, 5.41) is 5.50. The minimum atomic E-state index is -0.808. The van der Waals surface area contributed by atoms with Gasteiger partial charge in [-0.05, 0) is 18.6 Å². The van der Waals surface area contributed by atoms with E-state index in [1.165, 1.54) is 26.4 Å². The van der Waals surface area contributed by atoms with E-state index in [0.717, 1.165) is 6.42 Å². The molecule has 0 atom stereocenters. The first kappa shape index (κ1) is 23.0. The van der Waals surface area contributed by atoms with Gasteiger partial charge >= 0.3 is 5.97 Å². The number of methoxy groups -OCH3 is 2. The van der Waals surface area contributed by atoms with E-state index < -0.39 is 24.4 Å². The smallest absolute Gasteiger partial charge is 0.340 e. The van der Waals surface area contributed by atoms with Crippen molar-refractivity contribution in [2.45, 2.75) is 13.3 Å². The Kier molecular flexibility index (Phi) is 8.49. The summed E-state index contributed by atoms with van der Waals surface area (Å²) in [5.74, 6) is -1.20. The van der Waals surface area contributed by atoms with E-state index in [4.69, 9.17) is 25.8 Å². The largest absolute Gasteiger partial charge is 0.493 e. The fourth-order valence-electron chi connectivity index (χ4n) is 2.51. The average Bonchev–Trinajstić information content (AvgIpc) is 2.75. The van der Waals surface area contributed by atoms with Crippen LogP contribution in [0.4, 0.5) is 5.69 Å². The lowest BCUT2D eigenvalue weighted by Gasteiger charge is -2.15. The molecule has 0 fully saturated rings. The number of benzene rings is 2. The highest BCUT2D eigenvalue weighted by Gasteiger charge is 2.21. The summed E-state index contributed by atoms with van der Waals surface area (Å²) in [5.41, 5.74) is 0.347. The van der Waals surface area contributed by atoms with Crippen LogP contribution in [0.3, 0.4) is 0 Å². The second-order valence-corrected chi connectivity index (χ2v) is 6.52. The van der Waals surface area contributed by atoms with Gasteiger partial charge in [-0.15, -0.1) is 0 Å². The van der Waals surface area contributed by atoms with Crippen LogP contribution in [-0.2, 0) is 9.53 Å². The van der Waals surface area contributed by atoms with Gasteiger partial charge in [-0.2, -0.15) is 0 Å². The van der Waals surface area contributed by atoms with Gasteiger partial charge in [0.25, 0.3) is 11.8 Å². The number of amides is 2. The Morgan fingerprint density at radius 2 is 1.67 bits per heavy atom. The minimum Gasteiger partial charge on any atom is -0.493 e. The molecule has 0 aromatic heterocycles. The zero-order valence-corrected chi connectivity index (χ0v) is 17.7. The fraction of sp³-hybridized carbons (Fsp3) is 0.286. The predicted molar refractivity (Wildman–Crippen MR) is 113 cm³/mol. The molecule has 30 heavy (non-hydrogen) atoms. The van der Waals surface area contributed by atoms with E-state index in [0.29, 0.717) is 12.3 Å². The Bertz CT molecular complexity index is 932. The summed E-state index contributed by atoms with van der Waals surface area (Å²) in [6, 6.07) is 9.29. The molecule has 0 aliphatic heterocycles. The number of hydrogen-bond donors (Lipinski definition) is 2. The molecule has 2 rings (SSSR count). The number of esters is 1. The van der Waals surface area contributed by atoms with Gasteiger partial charge in [0.15, 0.2) is 18.1 Å². The van der Waals surface area contributed by atoms with Gasteiger partial charge in [0.05, 0.1) is 36.1 Å². The topological polar surface area (TPSA) is 103 Å². The average molecular weight is 435 g/mol. The number of nitrogens with one attached hydrogen (secondary N) is 2. The second kappa shape index (κ2) is 11.1. The molecule has 9 heteroatoms.